The number of aromatic nitrogens is 2. The van der Waals surface area contributed by atoms with Crippen LogP contribution < -0.4 is 10.5 Å². The zero-order valence-electron chi connectivity index (χ0n) is 24.7. The summed E-state index contributed by atoms with van der Waals surface area (Å²) in [5.74, 6) is 0.157. The lowest BCUT2D eigenvalue weighted by atomic mass is 10.1. The molecule has 10 nitrogen and oxygen atoms in total. The number of fused-ring (bicyclic) bond motifs is 1. The van der Waals surface area contributed by atoms with Crippen molar-refractivity contribution < 1.29 is 41.7 Å². The normalized spacial score (nSPS) is 13.1. The Balaban J connectivity index is 1.85. The molecule has 3 rings (SSSR count). The number of methoxy groups -OCH3 is 1. The largest absolute Gasteiger partial charge is 0.492 e. The van der Waals surface area contributed by atoms with Gasteiger partial charge in [0, 0.05) is 24.2 Å². The van der Waals surface area contributed by atoms with E-state index in [4.69, 9.17) is 24.7 Å². The van der Waals surface area contributed by atoms with E-state index in [1.54, 1.807) is 59.7 Å². The number of carbonyl (C=O) groups is 2. The van der Waals surface area contributed by atoms with Crippen molar-refractivity contribution in [3.8, 4) is 5.75 Å². The molecule has 0 unspecified atom stereocenters. The summed E-state index contributed by atoms with van der Waals surface area (Å²) in [6.07, 6.45) is -7.00. The summed E-state index contributed by atoms with van der Waals surface area (Å²) >= 11 is 0. The molecule has 0 aliphatic carbocycles. The Morgan fingerprint density at radius 2 is 1.67 bits per heavy atom. The Bertz CT molecular complexity index is 1410. The quantitative estimate of drug-likeness (QED) is 0.297. The average Bonchev–Trinajstić information content (AvgIpc) is 3.24. The van der Waals surface area contributed by atoms with Gasteiger partial charge in [-0.25, -0.2) is 9.59 Å². The molecule has 0 fully saturated rings. The lowest BCUT2D eigenvalue weighted by molar-refractivity contribution is -0.140. The molecule has 42 heavy (non-hydrogen) atoms. The van der Waals surface area contributed by atoms with Crippen molar-refractivity contribution in [3.05, 3.63) is 53.7 Å². The van der Waals surface area contributed by atoms with Crippen LogP contribution in [0.2, 0.25) is 0 Å². The molecule has 1 atom stereocenters. The van der Waals surface area contributed by atoms with Crippen LogP contribution in [0.5, 0.6) is 5.75 Å². The number of nitrogens with zero attached hydrogens (tertiary/aromatic N) is 3. The molecule has 0 radical (unpaired) electrons. The summed E-state index contributed by atoms with van der Waals surface area (Å²) in [5, 5.41) is 3.21. The number of halogens is 3. The van der Waals surface area contributed by atoms with E-state index in [9.17, 15) is 22.8 Å². The van der Waals surface area contributed by atoms with Gasteiger partial charge in [-0.3, -0.25) is 0 Å². The first kappa shape index (κ1) is 32.5. The van der Waals surface area contributed by atoms with Crippen LogP contribution in [0.15, 0.2) is 42.5 Å². The maximum Gasteiger partial charge on any atom is 0.435 e. The van der Waals surface area contributed by atoms with E-state index in [1.807, 2.05) is 6.07 Å². The Hall–Kier alpha value is -4.00. The van der Waals surface area contributed by atoms with Crippen LogP contribution in [0.4, 0.5) is 28.4 Å². The summed E-state index contributed by atoms with van der Waals surface area (Å²) in [4.78, 5) is 27.1. The van der Waals surface area contributed by atoms with E-state index < -0.39 is 41.4 Å². The Morgan fingerprint density at radius 1 is 1.00 bits per heavy atom. The SMILES string of the molecule is CO[C@@H](CN(CCOc1ccc2c(C(F)(F)F)nn(C(=O)OC(C)(C)C)c2c1)C(=O)OC(C)(C)C)c1cccc(N)c1. The van der Waals surface area contributed by atoms with Crippen LogP contribution in [0.1, 0.15) is 58.9 Å². The molecule has 0 saturated carbocycles. The number of amides is 1. The third-order valence-electron chi connectivity index (χ3n) is 5.72. The number of nitrogen functional groups attached to an aromatic ring is 1. The number of benzene rings is 2. The second kappa shape index (κ2) is 12.5. The van der Waals surface area contributed by atoms with Gasteiger partial charge in [-0.15, -0.1) is 0 Å². The van der Waals surface area contributed by atoms with Gasteiger partial charge in [-0.2, -0.15) is 23.0 Å². The van der Waals surface area contributed by atoms with Gasteiger partial charge in [0.1, 0.15) is 23.6 Å². The number of hydrogen-bond donors (Lipinski definition) is 1. The molecule has 13 heteroatoms. The maximum atomic E-state index is 13.7. The van der Waals surface area contributed by atoms with Crippen LogP contribution in [0.3, 0.4) is 0 Å². The molecule has 2 N–H and O–H groups in total. The first-order valence-corrected chi connectivity index (χ1v) is 13.2. The van der Waals surface area contributed by atoms with Gasteiger partial charge in [0.15, 0.2) is 5.69 Å². The van der Waals surface area contributed by atoms with E-state index in [0.717, 1.165) is 5.56 Å². The highest BCUT2D eigenvalue weighted by Gasteiger charge is 2.38. The molecule has 1 aromatic heterocycles. The van der Waals surface area contributed by atoms with Crippen molar-refractivity contribution in [2.45, 2.75) is 65.0 Å². The highest BCUT2D eigenvalue weighted by Crippen LogP contribution is 2.35. The van der Waals surface area contributed by atoms with Gasteiger partial charge in [-0.05, 0) is 71.4 Å². The number of nitrogens with two attached hydrogens (primary N) is 1. The van der Waals surface area contributed by atoms with Gasteiger partial charge in [0.25, 0.3) is 0 Å². The lowest BCUT2D eigenvalue weighted by Gasteiger charge is -2.30. The molecule has 230 valence electrons. The minimum atomic E-state index is -4.80. The van der Waals surface area contributed by atoms with E-state index >= 15 is 0 Å². The number of anilines is 1. The number of carbonyl (C=O) groups excluding carboxylic acids is 2. The summed E-state index contributed by atoms with van der Waals surface area (Å²) in [6.45, 7) is 10.1. The molecular formula is C29H37F3N4O6. The molecule has 1 amide bonds. The van der Waals surface area contributed by atoms with Crippen molar-refractivity contribution in [2.24, 2.45) is 0 Å². The maximum absolute atomic E-state index is 13.7. The van der Waals surface area contributed by atoms with Crippen molar-refractivity contribution in [2.75, 3.05) is 32.5 Å². The van der Waals surface area contributed by atoms with Gasteiger partial charge in [0.05, 0.1) is 24.7 Å². The van der Waals surface area contributed by atoms with E-state index in [0.29, 0.717) is 10.4 Å². The van der Waals surface area contributed by atoms with Gasteiger partial charge in [0.2, 0.25) is 0 Å². The third-order valence-corrected chi connectivity index (χ3v) is 5.72. The van der Waals surface area contributed by atoms with Crippen LogP contribution in [0, 0.1) is 0 Å². The second-order valence-corrected chi connectivity index (χ2v) is 11.6. The number of ether oxygens (including phenoxy) is 4. The van der Waals surface area contributed by atoms with Crippen LogP contribution in [-0.2, 0) is 20.4 Å². The summed E-state index contributed by atoms with van der Waals surface area (Å²) < 4.78 is 63.8. The Morgan fingerprint density at radius 3 is 2.24 bits per heavy atom. The fourth-order valence-corrected chi connectivity index (χ4v) is 3.97. The zero-order valence-corrected chi connectivity index (χ0v) is 24.7. The standard InChI is InChI=1S/C29H37F3N4O6/c1-27(2,3)41-25(37)35(17-23(39-7)18-9-8-10-19(33)15-18)13-14-40-20-11-12-21-22(16-20)36(26(38)42-28(4,5)6)34-24(21)29(30,31)32/h8-12,15-16,23H,13-14,17,33H2,1-7H3/t23-/m0/s1. The summed E-state index contributed by atoms with van der Waals surface area (Å²) in [5.41, 5.74) is 4.12. The smallest absolute Gasteiger partial charge is 0.435 e. The third kappa shape index (κ3) is 8.75. The Kier molecular flexibility index (Phi) is 9.66. The topological polar surface area (TPSA) is 118 Å². The van der Waals surface area contributed by atoms with Crippen LogP contribution in [0.25, 0.3) is 10.9 Å². The molecule has 3 aromatic rings. The van der Waals surface area contributed by atoms with Gasteiger partial charge in [-0.1, -0.05) is 12.1 Å². The van der Waals surface area contributed by atoms with E-state index in [1.165, 1.54) is 30.2 Å². The van der Waals surface area contributed by atoms with Crippen molar-refractivity contribution >= 4 is 28.8 Å². The number of alkyl halides is 3. The molecule has 0 aliphatic heterocycles. The van der Waals surface area contributed by atoms with Crippen molar-refractivity contribution in [1.82, 2.24) is 14.7 Å². The second-order valence-electron chi connectivity index (χ2n) is 11.6. The minimum absolute atomic E-state index is 0.0499. The van der Waals surface area contributed by atoms with E-state index in [2.05, 4.69) is 5.10 Å². The highest BCUT2D eigenvalue weighted by molar-refractivity contribution is 5.91. The predicted octanol–water partition coefficient (Wildman–Crippen LogP) is 6.42. The van der Waals surface area contributed by atoms with E-state index in [-0.39, 0.29) is 36.3 Å². The summed E-state index contributed by atoms with van der Waals surface area (Å²) in [7, 11) is 1.51. The average molecular weight is 595 g/mol. The number of hydrogen-bond acceptors (Lipinski definition) is 8. The predicted molar refractivity (Wildman–Crippen MR) is 150 cm³/mol. The molecule has 0 spiro atoms. The van der Waals surface area contributed by atoms with Crippen molar-refractivity contribution in [1.29, 1.82) is 0 Å². The molecule has 0 aliphatic rings. The number of rotatable bonds is 8. The Labute approximate surface area is 242 Å². The monoisotopic (exact) mass is 594 g/mol. The first-order chi connectivity index (χ1) is 19.4. The first-order valence-electron chi connectivity index (χ1n) is 13.2. The molecule has 2 aromatic carbocycles. The highest BCUT2D eigenvalue weighted by atomic mass is 19.4. The molecule has 0 bridgehead atoms. The summed E-state index contributed by atoms with van der Waals surface area (Å²) in [6, 6.07) is 10.9. The van der Waals surface area contributed by atoms with Crippen LogP contribution >= 0.6 is 0 Å². The molecule has 1 heterocycles. The zero-order chi connectivity index (χ0) is 31.5. The fraction of sp³-hybridized carbons (Fsp3) is 0.483. The van der Waals surface area contributed by atoms with Gasteiger partial charge < -0.3 is 29.6 Å². The van der Waals surface area contributed by atoms with Crippen LogP contribution in [-0.4, -0.2) is 64.9 Å². The lowest BCUT2D eigenvalue weighted by Crippen LogP contribution is -2.41. The fourth-order valence-electron chi connectivity index (χ4n) is 3.97. The minimum Gasteiger partial charge on any atom is -0.492 e. The van der Waals surface area contributed by atoms with Crippen molar-refractivity contribution in [3.63, 3.8) is 0 Å². The molecule has 0 saturated heterocycles. The molecular weight excluding hydrogens is 557 g/mol. The van der Waals surface area contributed by atoms with Gasteiger partial charge >= 0.3 is 18.4 Å².